The van der Waals surface area contributed by atoms with Crippen LogP contribution in [-0.4, -0.2) is 21.3 Å². The van der Waals surface area contributed by atoms with Gasteiger partial charge in [-0.2, -0.15) is 0 Å². The highest BCUT2D eigenvalue weighted by atomic mass is 79.9. The summed E-state index contributed by atoms with van der Waals surface area (Å²) in [6, 6.07) is 12.1. The normalized spacial score (nSPS) is 11.2. The second-order valence-corrected chi connectivity index (χ2v) is 7.28. The summed E-state index contributed by atoms with van der Waals surface area (Å²) in [5.41, 5.74) is 1.46. The van der Waals surface area contributed by atoms with Crippen LogP contribution in [0.2, 0.25) is 0 Å². The van der Waals surface area contributed by atoms with Crippen molar-refractivity contribution in [1.82, 2.24) is 9.55 Å². The van der Waals surface area contributed by atoms with Gasteiger partial charge in [-0.15, -0.1) is 0 Å². The van der Waals surface area contributed by atoms with Crippen LogP contribution in [0.15, 0.2) is 56.9 Å². The summed E-state index contributed by atoms with van der Waals surface area (Å²) >= 11 is 4.60. The van der Waals surface area contributed by atoms with Crippen molar-refractivity contribution in [2.45, 2.75) is 23.9 Å². The van der Waals surface area contributed by atoms with Crippen molar-refractivity contribution in [3.8, 4) is 0 Å². The maximum atomic E-state index is 13.4. The Morgan fingerprint density at radius 2 is 2.04 bits per heavy atom. The fourth-order valence-corrected chi connectivity index (χ4v) is 3.86. The summed E-state index contributed by atoms with van der Waals surface area (Å²) in [7, 11) is 0. The Hall–Kier alpha value is -1.70. The SMILES string of the molecule is O=c1c2ccccc2nc(SCc2ccc(F)c(Br)c2)n1CCCO. The van der Waals surface area contributed by atoms with Crippen molar-refractivity contribution in [1.29, 1.82) is 0 Å². The van der Waals surface area contributed by atoms with Crippen LogP contribution in [0.3, 0.4) is 0 Å². The Kier molecular flexibility index (Phi) is 5.88. The van der Waals surface area contributed by atoms with E-state index >= 15 is 0 Å². The molecular weight excluding hydrogens is 407 g/mol. The zero-order valence-electron chi connectivity index (χ0n) is 13.3. The highest BCUT2D eigenvalue weighted by Gasteiger charge is 2.12. The molecule has 1 N–H and O–H groups in total. The standard InChI is InChI=1S/C18H16BrFN2O2S/c19-14-10-12(6-7-15(14)20)11-25-18-21-16-5-2-1-4-13(16)17(24)22(18)8-3-9-23/h1-2,4-7,10,23H,3,8-9,11H2. The summed E-state index contributed by atoms with van der Waals surface area (Å²) < 4.78 is 15.4. The van der Waals surface area contributed by atoms with Gasteiger partial charge in [-0.05, 0) is 52.2 Å². The van der Waals surface area contributed by atoms with E-state index in [0.717, 1.165) is 5.56 Å². The minimum absolute atomic E-state index is 0.00822. The number of benzene rings is 2. The number of halogens is 2. The van der Waals surface area contributed by atoms with E-state index in [1.165, 1.54) is 17.8 Å². The number of para-hydroxylation sites is 1. The second kappa shape index (κ2) is 8.12. The zero-order valence-corrected chi connectivity index (χ0v) is 15.7. The molecule has 0 spiro atoms. The van der Waals surface area contributed by atoms with Crippen LogP contribution >= 0.6 is 27.7 Å². The molecule has 7 heteroatoms. The van der Waals surface area contributed by atoms with Crippen LogP contribution < -0.4 is 5.56 Å². The maximum absolute atomic E-state index is 13.4. The molecule has 4 nitrogen and oxygen atoms in total. The lowest BCUT2D eigenvalue weighted by Crippen LogP contribution is -2.24. The van der Waals surface area contributed by atoms with Gasteiger partial charge in [0, 0.05) is 18.9 Å². The Morgan fingerprint density at radius 3 is 2.80 bits per heavy atom. The number of aliphatic hydroxyl groups is 1. The summed E-state index contributed by atoms with van der Waals surface area (Å²) in [5, 5.41) is 10.3. The van der Waals surface area contributed by atoms with Crippen molar-refractivity contribution in [2.75, 3.05) is 6.61 Å². The lowest BCUT2D eigenvalue weighted by atomic mass is 10.2. The van der Waals surface area contributed by atoms with Gasteiger partial charge < -0.3 is 5.11 Å². The van der Waals surface area contributed by atoms with E-state index in [-0.39, 0.29) is 18.0 Å². The van der Waals surface area contributed by atoms with Crippen LogP contribution in [0.25, 0.3) is 10.9 Å². The molecule has 1 heterocycles. The summed E-state index contributed by atoms with van der Waals surface area (Å²) in [6.07, 6.45) is 0.482. The number of nitrogens with zero attached hydrogens (tertiary/aromatic N) is 2. The highest BCUT2D eigenvalue weighted by molar-refractivity contribution is 9.10. The smallest absolute Gasteiger partial charge is 0.262 e. The summed E-state index contributed by atoms with van der Waals surface area (Å²) in [6.45, 7) is 0.414. The molecule has 0 bridgehead atoms. The zero-order chi connectivity index (χ0) is 17.8. The van der Waals surface area contributed by atoms with Gasteiger partial charge in [0.15, 0.2) is 5.16 Å². The molecule has 0 atom stereocenters. The lowest BCUT2D eigenvalue weighted by Gasteiger charge is -2.12. The summed E-state index contributed by atoms with van der Waals surface area (Å²) in [4.78, 5) is 17.3. The number of fused-ring (bicyclic) bond motifs is 1. The largest absolute Gasteiger partial charge is 0.396 e. The van der Waals surface area contributed by atoms with Crippen molar-refractivity contribution < 1.29 is 9.50 Å². The van der Waals surface area contributed by atoms with Crippen molar-refractivity contribution >= 4 is 38.6 Å². The molecule has 0 amide bonds. The van der Waals surface area contributed by atoms with E-state index in [4.69, 9.17) is 5.11 Å². The molecule has 0 aliphatic carbocycles. The third-order valence-electron chi connectivity index (χ3n) is 3.72. The summed E-state index contributed by atoms with van der Waals surface area (Å²) in [5.74, 6) is 0.250. The predicted octanol–water partition coefficient (Wildman–Crippen LogP) is 3.97. The average molecular weight is 423 g/mol. The van der Waals surface area contributed by atoms with Gasteiger partial charge in [-0.1, -0.05) is 30.0 Å². The molecule has 3 aromatic rings. The average Bonchev–Trinajstić information content (AvgIpc) is 2.62. The topological polar surface area (TPSA) is 55.1 Å². The van der Waals surface area contributed by atoms with E-state index < -0.39 is 0 Å². The molecule has 2 aromatic carbocycles. The monoisotopic (exact) mass is 422 g/mol. The van der Waals surface area contributed by atoms with E-state index in [1.807, 2.05) is 18.2 Å². The van der Waals surface area contributed by atoms with Crippen LogP contribution in [0.4, 0.5) is 4.39 Å². The van der Waals surface area contributed by atoms with Crippen molar-refractivity contribution in [2.24, 2.45) is 0 Å². The van der Waals surface area contributed by atoms with E-state index in [9.17, 15) is 9.18 Å². The van der Waals surface area contributed by atoms with E-state index in [1.54, 1.807) is 22.8 Å². The molecule has 3 rings (SSSR count). The fourth-order valence-electron chi connectivity index (χ4n) is 2.46. The minimum atomic E-state index is -0.308. The van der Waals surface area contributed by atoms with E-state index in [0.29, 0.717) is 39.3 Å². The molecule has 0 aliphatic heterocycles. The van der Waals surface area contributed by atoms with Crippen LogP contribution in [0, 0.1) is 5.82 Å². The second-order valence-electron chi connectivity index (χ2n) is 5.48. The molecule has 1 aromatic heterocycles. The Balaban J connectivity index is 1.95. The van der Waals surface area contributed by atoms with Crippen LogP contribution in [0.1, 0.15) is 12.0 Å². The molecule has 0 aliphatic rings. The lowest BCUT2D eigenvalue weighted by molar-refractivity contribution is 0.276. The first kappa shape index (κ1) is 18.1. The third-order valence-corrected chi connectivity index (χ3v) is 5.37. The number of hydrogen-bond donors (Lipinski definition) is 1. The Bertz CT molecular complexity index is 961. The van der Waals surface area contributed by atoms with Crippen molar-refractivity contribution in [3.05, 3.63) is 68.7 Å². The number of thioether (sulfide) groups is 1. The van der Waals surface area contributed by atoms with Crippen molar-refractivity contribution in [3.63, 3.8) is 0 Å². The first-order valence-electron chi connectivity index (χ1n) is 7.77. The highest BCUT2D eigenvalue weighted by Crippen LogP contribution is 2.25. The van der Waals surface area contributed by atoms with Gasteiger partial charge in [-0.3, -0.25) is 9.36 Å². The van der Waals surface area contributed by atoms with Crippen LogP contribution in [-0.2, 0) is 12.3 Å². The van der Waals surface area contributed by atoms with Gasteiger partial charge in [-0.25, -0.2) is 9.37 Å². The van der Waals surface area contributed by atoms with E-state index in [2.05, 4.69) is 20.9 Å². The molecule has 0 radical (unpaired) electrons. The Morgan fingerprint density at radius 1 is 1.24 bits per heavy atom. The molecule has 0 saturated heterocycles. The number of rotatable bonds is 6. The third kappa shape index (κ3) is 4.11. The molecule has 0 unspecified atom stereocenters. The molecule has 0 saturated carbocycles. The number of hydrogen-bond acceptors (Lipinski definition) is 4. The van der Waals surface area contributed by atoms with Gasteiger partial charge in [0.2, 0.25) is 0 Å². The Labute approximate surface area is 156 Å². The fraction of sp³-hybridized carbons (Fsp3) is 0.222. The van der Waals surface area contributed by atoms with Gasteiger partial charge in [0.05, 0.1) is 15.4 Å². The molecular formula is C18H16BrFN2O2S. The van der Waals surface area contributed by atoms with Gasteiger partial charge in [0.1, 0.15) is 5.82 Å². The predicted molar refractivity (Wildman–Crippen MR) is 101 cm³/mol. The number of aliphatic hydroxyl groups excluding tert-OH is 1. The minimum Gasteiger partial charge on any atom is -0.396 e. The molecule has 25 heavy (non-hydrogen) atoms. The van der Waals surface area contributed by atoms with Gasteiger partial charge in [0.25, 0.3) is 5.56 Å². The first-order chi connectivity index (χ1) is 12.1. The quantitative estimate of drug-likeness (QED) is 0.482. The maximum Gasteiger partial charge on any atom is 0.262 e. The van der Waals surface area contributed by atoms with Crippen LogP contribution in [0.5, 0.6) is 0 Å². The first-order valence-corrected chi connectivity index (χ1v) is 9.55. The number of aromatic nitrogens is 2. The molecule has 130 valence electrons. The molecule has 0 fully saturated rings. The van der Waals surface area contributed by atoms with Gasteiger partial charge >= 0.3 is 0 Å².